The first-order valence-corrected chi connectivity index (χ1v) is 5.04. The number of halogens is 1. The fourth-order valence-corrected chi connectivity index (χ4v) is 1.95. The van der Waals surface area contributed by atoms with Gasteiger partial charge in [-0.15, -0.1) is 0 Å². The summed E-state index contributed by atoms with van der Waals surface area (Å²) in [7, 11) is 0. The highest BCUT2D eigenvalue weighted by atomic mass is 79.9. The SMILES string of the molecule is CC1(C)CC1c1nc(C=O)c(Br)[nH]1. The lowest BCUT2D eigenvalue weighted by Gasteiger charge is -1.97. The van der Waals surface area contributed by atoms with Gasteiger partial charge in [0.05, 0.1) is 0 Å². The van der Waals surface area contributed by atoms with Crippen LogP contribution in [0, 0.1) is 5.41 Å². The van der Waals surface area contributed by atoms with E-state index in [0.29, 0.717) is 21.6 Å². The first-order chi connectivity index (χ1) is 6.04. The number of H-pyrrole nitrogens is 1. The van der Waals surface area contributed by atoms with Crippen molar-refractivity contribution < 1.29 is 4.79 Å². The third-order valence-electron chi connectivity index (χ3n) is 2.66. The number of carbonyl (C=O) groups excluding carboxylic acids is 1. The van der Waals surface area contributed by atoms with Crippen molar-refractivity contribution in [2.24, 2.45) is 5.41 Å². The molecule has 0 bridgehead atoms. The van der Waals surface area contributed by atoms with Crippen LogP contribution in [0.3, 0.4) is 0 Å². The second-order valence-corrected chi connectivity index (χ2v) is 4.98. The molecule has 70 valence electrons. The Balaban J connectivity index is 2.29. The number of imidazole rings is 1. The monoisotopic (exact) mass is 242 g/mol. The molecule has 1 aromatic heterocycles. The summed E-state index contributed by atoms with van der Waals surface area (Å²) < 4.78 is 0.695. The van der Waals surface area contributed by atoms with E-state index >= 15 is 0 Å². The average molecular weight is 243 g/mol. The van der Waals surface area contributed by atoms with Crippen LogP contribution in [0.25, 0.3) is 0 Å². The molecule has 1 saturated carbocycles. The standard InChI is InChI=1S/C9H11BrN2O/c1-9(2)3-5(9)8-11-6(4-13)7(10)12-8/h4-5H,3H2,1-2H3,(H,11,12). The highest BCUT2D eigenvalue weighted by Gasteiger charge is 2.48. The molecule has 1 heterocycles. The van der Waals surface area contributed by atoms with E-state index in [0.717, 1.165) is 18.5 Å². The number of carbonyl (C=O) groups is 1. The van der Waals surface area contributed by atoms with E-state index in [-0.39, 0.29) is 0 Å². The molecule has 0 aromatic carbocycles. The molecule has 0 amide bonds. The number of nitrogens with zero attached hydrogens (tertiary/aromatic N) is 1. The van der Waals surface area contributed by atoms with Crippen molar-refractivity contribution in [3.63, 3.8) is 0 Å². The highest BCUT2D eigenvalue weighted by molar-refractivity contribution is 9.10. The molecule has 4 heteroatoms. The maximum Gasteiger partial charge on any atom is 0.171 e. The van der Waals surface area contributed by atoms with Crippen LogP contribution >= 0.6 is 15.9 Å². The molecule has 1 aliphatic carbocycles. The normalized spacial score (nSPS) is 24.4. The Morgan fingerprint density at radius 2 is 2.31 bits per heavy atom. The van der Waals surface area contributed by atoms with E-state index in [2.05, 4.69) is 39.7 Å². The summed E-state index contributed by atoms with van der Waals surface area (Å²) in [5, 5.41) is 0. The third kappa shape index (κ3) is 1.43. The second kappa shape index (κ2) is 2.67. The van der Waals surface area contributed by atoms with E-state index in [9.17, 15) is 4.79 Å². The smallest absolute Gasteiger partial charge is 0.171 e. The molecule has 1 fully saturated rings. The van der Waals surface area contributed by atoms with E-state index in [1.54, 1.807) is 0 Å². The average Bonchev–Trinajstić information content (AvgIpc) is 2.55. The summed E-state index contributed by atoms with van der Waals surface area (Å²) in [5.41, 5.74) is 0.815. The van der Waals surface area contributed by atoms with Crippen LogP contribution < -0.4 is 0 Å². The van der Waals surface area contributed by atoms with Crippen molar-refractivity contribution in [2.75, 3.05) is 0 Å². The van der Waals surface area contributed by atoms with Gasteiger partial charge < -0.3 is 4.98 Å². The lowest BCUT2D eigenvalue weighted by Crippen LogP contribution is -1.92. The minimum Gasteiger partial charge on any atom is -0.336 e. The molecular formula is C9H11BrN2O. The maximum absolute atomic E-state index is 10.5. The van der Waals surface area contributed by atoms with Crippen molar-refractivity contribution >= 4 is 22.2 Å². The first-order valence-electron chi connectivity index (χ1n) is 4.25. The van der Waals surface area contributed by atoms with Crippen LogP contribution in [0.2, 0.25) is 0 Å². The van der Waals surface area contributed by atoms with Crippen LogP contribution in [0.1, 0.15) is 42.5 Å². The fraction of sp³-hybridized carbons (Fsp3) is 0.556. The van der Waals surface area contributed by atoms with E-state index in [4.69, 9.17) is 0 Å². The number of nitrogens with one attached hydrogen (secondary N) is 1. The number of rotatable bonds is 2. The molecule has 1 N–H and O–H groups in total. The Kier molecular flexibility index (Phi) is 1.84. The zero-order valence-electron chi connectivity index (χ0n) is 7.60. The van der Waals surface area contributed by atoms with Gasteiger partial charge in [0.25, 0.3) is 0 Å². The summed E-state index contributed by atoms with van der Waals surface area (Å²) in [6.07, 6.45) is 1.91. The van der Waals surface area contributed by atoms with Gasteiger partial charge in [-0.05, 0) is 27.8 Å². The van der Waals surface area contributed by atoms with Crippen molar-refractivity contribution in [3.8, 4) is 0 Å². The van der Waals surface area contributed by atoms with Crippen LogP contribution in [0.5, 0.6) is 0 Å². The molecule has 0 saturated heterocycles. The molecule has 0 aliphatic heterocycles. The molecule has 1 unspecified atom stereocenters. The minimum absolute atomic E-state index is 0.345. The first kappa shape index (κ1) is 8.94. The molecule has 1 atom stereocenters. The van der Waals surface area contributed by atoms with Gasteiger partial charge in [0.2, 0.25) is 0 Å². The predicted octanol–water partition coefficient (Wildman–Crippen LogP) is 2.50. The summed E-state index contributed by atoms with van der Waals surface area (Å²) in [5.74, 6) is 1.41. The van der Waals surface area contributed by atoms with Gasteiger partial charge in [0.1, 0.15) is 16.1 Å². The second-order valence-electron chi connectivity index (χ2n) is 4.18. The zero-order chi connectivity index (χ0) is 9.64. The Bertz CT molecular complexity index is 356. The Hall–Kier alpha value is -0.640. The predicted molar refractivity (Wildman–Crippen MR) is 52.8 cm³/mol. The molecule has 0 radical (unpaired) electrons. The molecular weight excluding hydrogens is 232 g/mol. The number of aromatic nitrogens is 2. The van der Waals surface area contributed by atoms with Gasteiger partial charge in [-0.25, -0.2) is 4.98 Å². The van der Waals surface area contributed by atoms with Crippen molar-refractivity contribution in [1.29, 1.82) is 0 Å². The number of hydrogen-bond donors (Lipinski definition) is 1. The highest BCUT2D eigenvalue weighted by Crippen LogP contribution is 2.57. The van der Waals surface area contributed by atoms with Crippen LogP contribution in [-0.4, -0.2) is 16.3 Å². The summed E-state index contributed by atoms with van der Waals surface area (Å²) >= 11 is 3.26. The Morgan fingerprint density at radius 1 is 1.69 bits per heavy atom. The quantitative estimate of drug-likeness (QED) is 0.811. The van der Waals surface area contributed by atoms with Crippen LogP contribution in [0.4, 0.5) is 0 Å². The summed E-state index contributed by atoms with van der Waals surface area (Å²) in [6.45, 7) is 4.41. The number of aromatic amines is 1. The van der Waals surface area contributed by atoms with Gasteiger partial charge >= 0.3 is 0 Å². The molecule has 13 heavy (non-hydrogen) atoms. The zero-order valence-corrected chi connectivity index (χ0v) is 9.18. The number of aldehydes is 1. The van der Waals surface area contributed by atoms with Gasteiger partial charge in [-0.2, -0.15) is 0 Å². The maximum atomic E-state index is 10.5. The van der Waals surface area contributed by atoms with Crippen LogP contribution in [-0.2, 0) is 0 Å². The molecule has 1 aliphatic rings. The molecule has 1 aromatic rings. The topological polar surface area (TPSA) is 45.8 Å². The number of hydrogen-bond acceptors (Lipinski definition) is 2. The van der Waals surface area contributed by atoms with E-state index in [1.807, 2.05) is 0 Å². The van der Waals surface area contributed by atoms with Crippen LogP contribution in [0.15, 0.2) is 4.60 Å². The Labute approximate surface area is 85.1 Å². The van der Waals surface area contributed by atoms with E-state index < -0.39 is 0 Å². The molecule has 3 nitrogen and oxygen atoms in total. The molecule has 0 spiro atoms. The lowest BCUT2D eigenvalue weighted by molar-refractivity contribution is 0.111. The minimum atomic E-state index is 0.345. The van der Waals surface area contributed by atoms with Crippen molar-refractivity contribution in [1.82, 2.24) is 9.97 Å². The third-order valence-corrected chi connectivity index (χ3v) is 3.26. The van der Waals surface area contributed by atoms with Crippen molar-refractivity contribution in [2.45, 2.75) is 26.2 Å². The Morgan fingerprint density at radius 3 is 2.69 bits per heavy atom. The summed E-state index contributed by atoms with van der Waals surface area (Å²) in [4.78, 5) is 17.8. The van der Waals surface area contributed by atoms with Gasteiger partial charge in [0.15, 0.2) is 6.29 Å². The lowest BCUT2D eigenvalue weighted by atomic mass is 10.1. The molecule has 2 rings (SSSR count). The van der Waals surface area contributed by atoms with E-state index in [1.165, 1.54) is 0 Å². The van der Waals surface area contributed by atoms with Crippen molar-refractivity contribution in [3.05, 3.63) is 16.1 Å². The van der Waals surface area contributed by atoms with Gasteiger partial charge in [-0.3, -0.25) is 4.79 Å². The summed E-state index contributed by atoms with van der Waals surface area (Å²) in [6, 6.07) is 0. The fourth-order valence-electron chi connectivity index (χ4n) is 1.56. The van der Waals surface area contributed by atoms with Gasteiger partial charge in [0, 0.05) is 5.92 Å². The van der Waals surface area contributed by atoms with Gasteiger partial charge in [-0.1, -0.05) is 13.8 Å². The largest absolute Gasteiger partial charge is 0.336 e.